The van der Waals surface area contributed by atoms with Crippen molar-refractivity contribution in [3.8, 4) is 17.0 Å². The second-order valence-corrected chi connectivity index (χ2v) is 8.09. The molecular weight excluding hydrogens is 492 g/mol. The van der Waals surface area contributed by atoms with Crippen LogP contribution in [-0.2, 0) is 13.2 Å². The quantitative estimate of drug-likeness (QED) is 0.368. The molecule has 7 nitrogen and oxygen atoms in total. The molecule has 0 radical (unpaired) electrons. The average molecular weight is 509 g/mol. The van der Waals surface area contributed by atoms with Gasteiger partial charge in [-0.1, -0.05) is 28.9 Å². The number of nitrogens with one attached hydrogen (secondary N) is 1. The first-order valence-electron chi connectivity index (χ1n) is 10.1. The van der Waals surface area contributed by atoms with Crippen molar-refractivity contribution in [2.75, 3.05) is 5.32 Å². The molecule has 0 aliphatic carbocycles. The molecule has 35 heavy (non-hydrogen) atoms. The number of carbonyl (C=O) groups excluding carboxylic acids is 1. The topological polar surface area (TPSA) is 82.1 Å². The van der Waals surface area contributed by atoms with E-state index in [0.29, 0.717) is 5.69 Å². The van der Waals surface area contributed by atoms with Crippen molar-refractivity contribution in [1.29, 1.82) is 0 Å². The first kappa shape index (κ1) is 24.3. The highest BCUT2D eigenvalue weighted by atomic mass is 35.5. The molecule has 0 fully saturated rings. The van der Waals surface area contributed by atoms with Crippen molar-refractivity contribution in [3.05, 3.63) is 86.2 Å². The number of carbonyl (C=O) groups is 1. The van der Waals surface area contributed by atoms with Crippen LogP contribution in [0.2, 0.25) is 5.02 Å². The van der Waals surface area contributed by atoms with Gasteiger partial charge in [0, 0.05) is 18.2 Å². The molecule has 4 rings (SSSR count). The van der Waals surface area contributed by atoms with E-state index in [1.54, 1.807) is 13.0 Å². The molecule has 0 spiro atoms. The van der Waals surface area contributed by atoms with Crippen LogP contribution in [0.25, 0.3) is 17.0 Å². The fourth-order valence-corrected chi connectivity index (χ4v) is 3.86. The minimum absolute atomic E-state index is 0.000414. The van der Waals surface area contributed by atoms with Crippen LogP contribution in [0.1, 0.15) is 27.3 Å². The Labute approximate surface area is 200 Å². The molecule has 1 amide bonds. The maximum atomic E-state index is 14.3. The van der Waals surface area contributed by atoms with Crippen molar-refractivity contribution >= 4 is 23.2 Å². The van der Waals surface area contributed by atoms with Crippen LogP contribution in [-0.4, -0.2) is 20.4 Å². The van der Waals surface area contributed by atoms with Gasteiger partial charge in [-0.15, -0.1) is 0 Å². The molecule has 0 unspecified atom stereocenters. The molecule has 0 atom stereocenters. The largest absolute Gasteiger partial charge is 0.416 e. The van der Waals surface area contributed by atoms with Crippen molar-refractivity contribution < 1.29 is 26.9 Å². The number of halogens is 5. The van der Waals surface area contributed by atoms with E-state index in [1.807, 2.05) is 0 Å². The molecule has 0 saturated carbocycles. The Morgan fingerprint density at radius 2 is 1.83 bits per heavy atom. The predicted octanol–water partition coefficient (Wildman–Crippen LogP) is 5.51. The van der Waals surface area contributed by atoms with E-state index in [1.165, 1.54) is 36.9 Å². The molecule has 2 aromatic heterocycles. The van der Waals surface area contributed by atoms with Crippen LogP contribution in [0, 0.1) is 19.7 Å². The van der Waals surface area contributed by atoms with Gasteiger partial charge in [0.15, 0.2) is 11.5 Å². The third-order valence-electron chi connectivity index (χ3n) is 5.55. The highest BCUT2D eigenvalue weighted by Crippen LogP contribution is 2.37. The lowest BCUT2D eigenvalue weighted by atomic mass is 10.1. The van der Waals surface area contributed by atoms with Crippen LogP contribution in [0.5, 0.6) is 0 Å². The molecule has 0 saturated heterocycles. The lowest BCUT2D eigenvalue weighted by molar-refractivity contribution is -0.137. The van der Waals surface area contributed by atoms with Gasteiger partial charge in [-0.3, -0.25) is 14.3 Å². The number of rotatable bonds is 4. The van der Waals surface area contributed by atoms with Crippen LogP contribution in [0.4, 0.5) is 23.2 Å². The number of aromatic nitrogens is 3. The van der Waals surface area contributed by atoms with E-state index < -0.39 is 29.0 Å². The van der Waals surface area contributed by atoms with Crippen LogP contribution in [0.15, 0.2) is 51.8 Å². The molecule has 0 aliphatic rings. The maximum Gasteiger partial charge on any atom is 0.416 e. The smallest absolute Gasteiger partial charge is 0.355 e. The molecular formula is C23H17ClF4N4O3. The second kappa shape index (κ2) is 8.73. The fraction of sp³-hybridized carbons (Fsp3) is 0.174. The number of para-hydroxylation sites is 1. The highest BCUT2D eigenvalue weighted by Gasteiger charge is 2.32. The zero-order valence-electron chi connectivity index (χ0n) is 18.5. The summed E-state index contributed by atoms with van der Waals surface area (Å²) in [5.74, 6) is -1.42. The van der Waals surface area contributed by atoms with E-state index in [-0.39, 0.29) is 39.0 Å². The van der Waals surface area contributed by atoms with E-state index in [2.05, 4.69) is 10.5 Å². The Balaban J connectivity index is 1.68. The summed E-state index contributed by atoms with van der Waals surface area (Å²) in [6.45, 7) is 3.04. The van der Waals surface area contributed by atoms with Gasteiger partial charge < -0.3 is 9.84 Å². The number of nitrogens with zero attached hydrogens (tertiary/aromatic N) is 3. The molecule has 4 aromatic rings. The highest BCUT2D eigenvalue weighted by molar-refractivity contribution is 6.33. The Kier molecular flexibility index (Phi) is 6.05. The molecule has 182 valence electrons. The van der Waals surface area contributed by atoms with Gasteiger partial charge in [0.25, 0.3) is 11.5 Å². The molecule has 2 aromatic carbocycles. The zero-order valence-corrected chi connectivity index (χ0v) is 19.3. The summed E-state index contributed by atoms with van der Waals surface area (Å²) < 4.78 is 60.7. The standard InChI is InChI=1S/C23H17ClF4N4O3/c1-11-18(30-35-20(11)14-9-8-13(10-15(14)24)23(26,27)28)21(33)29-19-12(2)31(3)32(22(19)34)17-7-5-4-6-16(17)25/h4-10H,1-3H3,(H,29,33). The molecule has 12 heteroatoms. The fourth-order valence-electron chi connectivity index (χ4n) is 3.59. The number of anilines is 1. The Morgan fingerprint density at radius 1 is 1.14 bits per heavy atom. The van der Waals surface area contributed by atoms with Gasteiger partial charge in [0.05, 0.1) is 16.3 Å². The first-order chi connectivity index (χ1) is 16.4. The molecule has 1 N–H and O–H groups in total. The Bertz CT molecular complexity index is 1520. The number of benzene rings is 2. The molecule has 2 heterocycles. The summed E-state index contributed by atoms with van der Waals surface area (Å²) in [5, 5.41) is 5.95. The summed E-state index contributed by atoms with van der Waals surface area (Å²) in [7, 11) is 1.53. The van der Waals surface area contributed by atoms with Gasteiger partial charge >= 0.3 is 6.18 Å². The predicted molar refractivity (Wildman–Crippen MR) is 120 cm³/mol. The summed E-state index contributed by atoms with van der Waals surface area (Å²) >= 11 is 6.03. The van der Waals surface area contributed by atoms with E-state index in [9.17, 15) is 27.2 Å². The van der Waals surface area contributed by atoms with E-state index >= 15 is 0 Å². The van der Waals surface area contributed by atoms with Gasteiger partial charge in [-0.25, -0.2) is 9.07 Å². The van der Waals surface area contributed by atoms with Gasteiger partial charge in [-0.05, 0) is 44.2 Å². The summed E-state index contributed by atoms with van der Waals surface area (Å²) in [4.78, 5) is 25.9. The van der Waals surface area contributed by atoms with Crippen LogP contribution in [0.3, 0.4) is 0 Å². The van der Waals surface area contributed by atoms with Crippen molar-refractivity contribution in [2.24, 2.45) is 7.05 Å². The molecule has 0 aliphatic heterocycles. The maximum absolute atomic E-state index is 14.3. The number of alkyl halides is 3. The second-order valence-electron chi connectivity index (χ2n) is 7.68. The van der Waals surface area contributed by atoms with Gasteiger partial charge in [0.2, 0.25) is 0 Å². The summed E-state index contributed by atoms with van der Waals surface area (Å²) in [6, 6.07) is 8.38. The minimum atomic E-state index is -4.58. The monoisotopic (exact) mass is 508 g/mol. The van der Waals surface area contributed by atoms with Crippen LogP contribution < -0.4 is 10.9 Å². The lowest BCUT2D eigenvalue weighted by Gasteiger charge is -2.08. The average Bonchev–Trinajstić information content (AvgIpc) is 3.26. The normalized spacial score (nSPS) is 11.7. The third-order valence-corrected chi connectivity index (χ3v) is 5.87. The summed E-state index contributed by atoms with van der Waals surface area (Å²) in [5.41, 5.74) is -1.25. The number of amides is 1. The van der Waals surface area contributed by atoms with Crippen molar-refractivity contribution in [1.82, 2.24) is 14.5 Å². The first-order valence-corrected chi connectivity index (χ1v) is 10.5. The van der Waals surface area contributed by atoms with Gasteiger partial charge in [-0.2, -0.15) is 13.2 Å². The zero-order chi connectivity index (χ0) is 25.7. The Morgan fingerprint density at radius 3 is 2.46 bits per heavy atom. The lowest BCUT2D eigenvalue weighted by Crippen LogP contribution is -2.24. The van der Waals surface area contributed by atoms with Crippen molar-refractivity contribution in [2.45, 2.75) is 20.0 Å². The number of hydrogen-bond donors (Lipinski definition) is 1. The minimum Gasteiger partial charge on any atom is -0.355 e. The summed E-state index contributed by atoms with van der Waals surface area (Å²) in [6.07, 6.45) is -4.58. The molecule has 0 bridgehead atoms. The van der Waals surface area contributed by atoms with E-state index in [0.717, 1.165) is 22.9 Å². The SMILES string of the molecule is Cc1c(C(=O)Nc2c(C)n(C)n(-c3ccccc3F)c2=O)noc1-c1ccc(C(F)(F)F)cc1Cl. The third kappa shape index (κ3) is 4.23. The van der Waals surface area contributed by atoms with Crippen LogP contribution >= 0.6 is 11.6 Å². The van der Waals surface area contributed by atoms with Crippen molar-refractivity contribution in [3.63, 3.8) is 0 Å². The Hall–Kier alpha value is -3.86. The van der Waals surface area contributed by atoms with Gasteiger partial charge in [0.1, 0.15) is 17.2 Å². The number of hydrogen-bond acceptors (Lipinski definition) is 4. The van der Waals surface area contributed by atoms with E-state index in [4.69, 9.17) is 16.1 Å².